The lowest BCUT2D eigenvalue weighted by molar-refractivity contribution is 0.297. The minimum atomic E-state index is -0.197. The van der Waals surface area contributed by atoms with Crippen molar-refractivity contribution in [3.8, 4) is 11.5 Å². The van der Waals surface area contributed by atoms with E-state index < -0.39 is 0 Å². The molecule has 6 nitrogen and oxygen atoms in total. The number of nitrogens with zero attached hydrogens (tertiary/aromatic N) is 3. The molecule has 0 radical (unpaired) electrons. The molecule has 4 aromatic rings. The van der Waals surface area contributed by atoms with Crippen molar-refractivity contribution in [3.63, 3.8) is 0 Å². The highest BCUT2D eigenvalue weighted by atomic mass is 32.1. The van der Waals surface area contributed by atoms with Crippen molar-refractivity contribution in [1.82, 2.24) is 14.6 Å². The van der Waals surface area contributed by atoms with Crippen LogP contribution in [0, 0.1) is 0 Å². The van der Waals surface area contributed by atoms with Crippen molar-refractivity contribution in [2.24, 2.45) is 0 Å². The number of hydrogen-bond donors (Lipinski definition) is 0. The zero-order valence-electron chi connectivity index (χ0n) is 17.0. The van der Waals surface area contributed by atoms with Gasteiger partial charge in [0.1, 0.15) is 6.61 Å². The summed E-state index contributed by atoms with van der Waals surface area (Å²) < 4.78 is 13.2. The third kappa shape index (κ3) is 4.73. The predicted octanol–water partition coefficient (Wildman–Crippen LogP) is 3.83. The Balaban J connectivity index is 1.64. The van der Waals surface area contributed by atoms with Crippen molar-refractivity contribution in [3.05, 3.63) is 93.0 Å². The summed E-state index contributed by atoms with van der Waals surface area (Å²) in [6, 6.07) is 15.4. The first kappa shape index (κ1) is 20.6. The number of fused-ring (bicyclic) bond motifs is 1. The number of rotatable bonds is 8. The molecule has 0 N–H and O–H groups in total. The van der Waals surface area contributed by atoms with Gasteiger partial charge < -0.3 is 9.47 Å². The minimum Gasteiger partial charge on any atom is -0.490 e. The van der Waals surface area contributed by atoms with Crippen molar-refractivity contribution >= 4 is 34.5 Å². The maximum Gasteiger partial charge on any atom is 0.291 e. The van der Waals surface area contributed by atoms with Gasteiger partial charge in [-0.2, -0.15) is 9.50 Å². The Morgan fingerprint density at radius 1 is 1.06 bits per heavy atom. The minimum absolute atomic E-state index is 0.197. The summed E-state index contributed by atoms with van der Waals surface area (Å²) >= 11 is 1.30. The van der Waals surface area contributed by atoms with E-state index in [1.807, 2.05) is 67.6 Å². The third-order valence-electron chi connectivity index (χ3n) is 4.34. The second kappa shape index (κ2) is 9.40. The van der Waals surface area contributed by atoms with Gasteiger partial charge in [-0.3, -0.25) is 4.79 Å². The smallest absolute Gasteiger partial charge is 0.291 e. The summed E-state index contributed by atoms with van der Waals surface area (Å²) in [4.78, 5) is 17.8. The molecule has 0 bridgehead atoms. The normalized spacial score (nSPS) is 12.0. The summed E-state index contributed by atoms with van der Waals surface area (Å²) in [5.41, 5.74) is 1.68. The van der Waals surface area contributed by atoms with Crippen LogP contribution in [0.1, 0.15) is 23.9 Å². The fourth-order valence-corrected chi connectivity index (χ4v) is 3.87. The van der Waals surface area contributed by atoms with Crippen LogP contribution in [-0.2, 0) is 0 Å². The largest absolute Gasteiger partial charge is 0.490 e. The van der Waals surface area contributed by atoms with Crippen molar-refractivity contribution < 1.29 is 9.47 Å². The van der Waals surface area contributed by atoms with E-state index in [4.69, 9.17) is 9.47 Å². The van der Waals surface area contributed by atoms with Crippen LogP contribution in [0.3, 0.4) is 0 Å². The molecule has 156 valence electrons. The van der Waals surface area contributed by atoms with E-state index in [9.17, 15) is 4.79 Å². The molecule has 0 unspecified atom stereocenters. The van der Waals surface area contributed by atoms with Gasteiger partial charge >= 0.3 is 0 Å². The molecule has 0 fully saturated rings. The number of aromatic nitrogens is 3. The van der Waals surface area contributed by atoms with Gasteiger partial charge in [-0.1, -0.05) is 66.5 Å². The topological polar surface area (TPSA) is 65.7 Å². The van der Waals surface area contributed by atoms with Crippen LogP contribution in [0.5, 0.6) is 11.5 Å². The quantitative estimate of drug-likeness (QED) is 0.397. The average Bonchev–Trinajstić information content (AvgIpc) is 3.31. The van der Waals surface area contributed by atoms with Gasteiger partial charge in [0.15, 0.2) is 17.3 Å². The first-order valence-corrected chi connectivity index (χ1v) is 10.6. The summed E-state index contributed by atoms with van der Waals surface area (Å²) in [6.07, 6.45) is 7.20. The molecule has 0 amide bonds. The van der Waals surface area contributed by atoms with Gasteiger partial charge in [-0.15, -0.1) is 5.10 Å². The van der Waals surface area contributed by atoms with Crippen molar-refractivity contribution in [2.75, 3.05) is 13.2 Å². The summed E-state index contributed by atoms with van der Waals surface area (Å²) in [5, 5.41) is 4.33. The Morgan fingerprint density at radius 2 is 1.90 bits per heavy atom. The maximum atomic E-state index is 12.8. The lowest BCUT2D eigenvalue weighted by Crippen LogP contribution is -2.23. The average molecular weight is 432 g/mol. The molecular weight excluding hydrogens is 410 g/mol. The van der Waals surface area contributed by atoms with E-state index in [1.165, 1.54) is 15.9 Å². The first-order chi connectivity index (χ1) is 15.2. The van der Waals surface area contributed by atoms with Crippen molar-refractivity contribution in [2.45, 2.75) is 6.92 Å². The summed E-state index contributed by atoms with van der Waals surface area (Å²) in [5.74, 6) is 1.76. The van der Waals surface area contributed by atoms with Crippen LogP contribution < -0.4 is 19.6 Å². The van der Waals surface area contributed by atoms with Crippen LogP contribution in [0.25, 0.3) is 23.2 Å². The molecule has 0 saturated carbocycles. The highest BCUT2D eigenvalue weighted by Crippen LogP contribution is 2.28. The molecule has 7 heteroatoms. The van der Waals surface area contributed by atoms with Crippen LogP contribution in [0.2, 0.25) is 0 Å². The Hall–Kier alpha value is -3.71. The molecule has 2 aromatic carbocycles. The Bertz CT molecular complexity index is 1340. The van der Waals surface area contributed by atoms with Crippen molar-refractivity contribution in [1.29, 1.82) is 0 Å². The van der Waals surface area contributed by atoms with Gasteiger partial charge in [-0.05, 0) is 42.3 Å². The van der Waals surface area contributed by atoms with Crippen LogP contribution in [0.15, 0.2) is 66.0 Å². The molecule has 0 aliphatic heterocycles. The van der Waals surface area contributed by atoms with Gasteiger partial charge in [0.2, 0.25) is 4.96 Å². The molecule has 0 saturated heterocycles. The number of benzene rings is 2. The summed E-state index contributed by atoms with van der Waals surface area (Å²) in [6.45, 7) is 6.47. The lowest BCUT2D eigenvalue weighted by Gasteiger charge is -2.11. The molecule has 0 atom stereocenters. The standard InChI is InChI=1S/C24H21N3O3S/c1-3-14-30-19-12-10-18(15-20(19)29-4-2)16-21-23(28)27-24(31-21)25-22(26-27)13-11-17-8-6-5-7-9-17/h3,5-13,15-16H,1,4,14H2,2H3/b13-11+,21-16+. The summed E-state index contributed by atoms with van der Waals surface area (Å²) in [7, 11) is 0. The fraction of sp³-hybridized carbons (Fsp3) is 0.125. The van der Waals surface area contributed by atoms with Gasteiger partial charge in [0.05, 0.1) is 11.1 Å². The van der Waals surface area contributed by atoms with Gasteiger partial charge in [-0.25, -0.2) is 0 Å². The van der Waals surface area contributed by atoms with E-state index in [-0.39, 0.29) is 5.56 Å². The van der Waals surface area contributed by atoms with E-state index >= 15 is 0 Å². The van der Waals surface area contributed by atoms with E-state index in [0.29, 0.717) is 40.0 Å². The Kier molecular flexibility index (Phi) is 6.24. The third-order valence-corrected chi connectivity index (χ3v) is 5.30. The highest BCUT2D eigenvalue weighted by Gasteiger charge is 2.10. The molecule has 4 rings (SSSR count). The van der Waals surface area contributed by atoms with E-state index in [2.05, 4.69) is 16.7 Å². The molecule has 2 aromatic heterocycles. The second-order valence-electron chi connectivity index (χ2n) is 6.56. The Labute approximate surface area is 183 Å². The lowest BCUT2D eigenvalue weighted by atomic mass is 10.2. The maximum absolute atomic E-state index is 12.8. The fourth-order valence-electron chi connectivity index (χ4n) is 2.96. The number of hydrogen-bond acceptors (Lipinski definition) is 6. The first-order valence-electron chi connectivity index (χ1n) is 9.83. The van der Waals surface area contributed by atoms with Crippen LogP contribution in [0.4, 0.5) is 0 Å². The molecule has 31 heavy (non-hydrogen) atoms. The highest BCUT2D eigenvalue weighted by molar-refractivity contribution is 7.15. The SMILES string of the molecule is C=CCOc1ccc(/C=c2/sc3nc(/C=C/c4ccccc4)nn3c2=O)cc1OCC. The van der Waals surface area contributed by atoms with Gasteiger partial charge in [0.25, 0.3) is 5.56 Å². The molecule has 2 heterocycles. The second-order valence-corrected chi connectivity index (χ2v) is 7.57. The molecule has 0 aliphatic rings. The van der Waals surface area contributed by atoms with Gasteiger partial charge in [0, 0.05) is 0 Å². The number of thiazole rings is 1. The molecule has 0 aliphatic carbocycles. The zero-order chi connectivity index (χ0) is 21.6. The van der Waals surface area contributed by atoms with E-state index in [0.717, 1.165) is 11.1 Å². The molecule has 0 spiro atoms. The van der Waals surface area contributed by atoms with E-state index in [1.54, 1.807) is 12.2 Å². The number of ether oxygens (including phenoxy) is 2. The molecular formula is C24H21N3O3S. The zero-order valence-corrected chi connectivity index (χ0v) is 17.8. The van der Waals surface area contributed by atoms with Crippen LogP contribution >= 0.6 is 11.3 Å². The monoisotopic (exact) mass is 431 g/mol. The van der Waals surface area contributed by atoms with Crippen LogP contribution in [-0.4, -0.2) is 27.8 Å². The predicted molar refractivity (Wildman–Crippen MR) is 125 cm³/mol. The Morgan fingerprint density at radius 3 is 2.65 bits per heavy atom.